The summed E-state index contributed by atoms with van der Waals surface area (Å²) in [6.45, 7) is 7.06. The molecule has 0 aromatic heterocycles. The Morgan fingerprint density at radius 3 is 2.58 bits per heavy atom. The van der Waals surface area contributed by atoms with Crippen LogP contribution in [0.3, 0.4) is 0 Å². The first kappa shape index (κ1) is 17.0. The van der Waals surface area contributed by atoms with Crippen LogP contribution in [0.15, 0.2) is 30.3 Å². The third kappa shape index (κ3) is 3.46. The highest BCUT2D eigenvalue weighted by Gasteiger charge is 2.49. The zero-order chi connectivity index (χ0) is 17.3. The quantitative estimate of drug-likeness (QED) is 0.800. The van der Waals surface area contributed by atoms with E-state index in [1.807, 2.05) is 43.9 Å². The standard InChI is InChI=1S/C19H26N2O3/c1-19(2,3)24-18(23)21-15-9-10-16(21)17(13-22)20(12-15)11-14-7-5-4-6-8-14/h4-8,13,15-17H,9-12H2,1-3H3/t15?,16-,17+/m0/s1. The number of likely N-dealkylation sites (tertiary alicyclic amines) is 1. The number of piperazine rings is 1. The Bertz CT molecular complexity index is 596. The van der Waals surface area contributed by atoms with E-state index in [1.54, 1.807) is 0 Å². The molecule has 2 fully saturated rings. The van der Waals surface area contributed by atoms with Gasteiger partial charge in [0.1, 0.15) is 11.9 Å². The number of rotatable bonds is 3. The number of hydrogen-bond donors (Lipinski definition) is 0. The van der Waals surface area contributed by atoms with Crippen molar-refractivity contribution in [1.82, 2.24) is 9.80 Å². The topological polar surface area (TPSA) is 49.9 Å². The molecule has 0 radical (unpaired) electrons. The van der Waals surface area contributed by atoms with Crippen molar-refractivity contribution >= 4 is 12.4 Å². The molecule has 2 bridgehead atoms. The Labute approximate surface area is 143 Å². The second-order valence-electron chi connectivity index (χ2n) is 7.73. The van der Waals surface area contributed by atoms with Gasteiger partial charge >= 0.3 is 6.09 Å². The number of amides is 1. The molecular weight excluding hydrogens is 304 g/mol. The van der Waals surface area contributed by atoms with Gasteiger partial charge in [-0.25, -0.2) is 4.79 Å². The first-order valence-electron chi connectivity index (χ1n) is 8.63. The van der Waals surface area contributed by atoms with Gasteiger partial charge in [-0.15, -0.1) is 0 Å². The largest absolute Gasteiger partial charge is 0.444 e. The maximum absolute atomic E-state index is 12.6. The summed E-state index contributed by atoms with van der Waals surface area (Å²) in [5.41, 5.74) is 0.670. The summed E-state index contributed by atoms with van der Waals surface area (Å²) in [7, 11) is 0. The van der Waals surface area contributed by atoms with Crippen LogP contribution in [-0.2, 0) is 16.1 Å². The predicted molar refractivity (Wildman–Crippen MR) is 91.6 cm³/mol. The molecule has 1 aromatic carbocycles. The third-order valence-corrected chi connectivity index (χ3v) is 4.78. The van der Waals surface area contributed by atoms with Crippen molar-refractivity contribution in [2.24, 2.45) is 0 Å². The number of hydrogen-bond acceptors (Lipinski definition) is 4. The van der Waals surface area contributed by atoms with Crippen LogP contribution in [0.25, 0.3) is 0 Å². The van der Waals surface area contributed by atoms with Gasteiger partial charge in [-0.2, -0.15) is 0 Å². The van der Waals surface area contributed by atoms with Crippen molar-refractivity contribution in [2.45, 2.75) is 63.9 Å². The van der Waals surface area contributed by atoms with E-state index in [2.05, 4.69) is 17.0 Å². The average molecular weight is 330 g/mol. The number of nitrogens with zero attached hydrogens (tertiary/aromatic N) is 2. The van der Waals surface area contributed by atoms with Crippen molar-refractivity contribution in [3.05, 3.63) is 35.9 Å². The van der Waals surface area contributed by atoms with Crippen LogP contribution in [0.5, 0.6) is 0 Å². The van der Waals surface area contributed by atoms with E-state index in [9.17, 15) is 9.59 Å². The van der Waals surface area contributed by atoms with Crippen molar-refractivity contribution in [3.63, 3.8) is 0 Å². The van der Waals surface area contributed by atoms with E-state index < -0.39 is 5.60 Å². The predicted octanol–water partition coefficient (Wildman–Crippen LogP) is 2.84. The molecule has 5 heteroatoms. The lowest BCUT2D eigenvalue weighted by atomic mass is 10.0. The van der Waals surface area contributed by atoms with Crippen LogP contribution in [0, 0.1) is 0 Å². The molecule has 1 amide bonds. The van der Waals surface area contributed by atoms with Crippen molar-refractivity contribution in [3.8, 4) is 0 Å². The van der Waals surface area contributed by atoms with Gasteiger partial charge in [0.05, 0.1) is 12.1 Å². The molecule has 3 atom stereocenters. The lowest BCUT2D eigenvalue weighted by Gasteiger charge is -2.44. The molecule has 1 aromatic rings. The summed E-state index contributed by atoms with van der Waals surface area (Å²) in [4.78, 5) is 28.4. The van der Waals surface area contributed by atoms with Crippen LogP contribution in [-0.4, -0.2) is 52.5 Å². The Kier molecular flexibility index (Phi) is 4.63. The molecule has 2 aliphatic heterocycles. The Morgan fingerprint density at radius 1 is 1.25 bits per heavy atom. The first-order valence-corrected chi connectivity index (χ1v) is 8.63. The minimum absolute atomic E-state index is 0.0835. The van der Waals surface area contributed by atoms with Gasteiger partial charge in [0.2, 0.25) is 0 Å². The average Bonchev–Trinajstić information content (AvgIpc) is 2.83. The first-order chi connectivity index (χ1) is 11.4. The minimum Gasteiger partial charge on any atom is -0.444 e. The summed E-state index contributed by atoms with van der Waals surface area (Å²) in [5, 5.41) is 0. The molecule has 3 rings (SSSR count). The van der Waals surface area contributed by atoms with Gasteiger partial charge in [-0.05, 0) is 39.2 Å². The summed E-state index contributed by atoms with van der Waals surface area (Å²) in [6.07, 6.45) is 2.49. The van der Waals surface area contributed by atoms with Crippen LogP contribution in [0.1, 0.15) is 39.2 Å². The van der Waals surface area contributed by atoms with Gasteiger partial charge in [0, 0.05) is 19.1 Å². The Hall–Kier alpha value is -1.88. The van der Waals surface area contributed by atoms with Gasteiger partial charge in [0.15, 0.2) is 0 Å². The highest BCUT2D eigenvalue weighted by Crippen LogP contribution is 2.35. The second-order valence-corrected chi connectivity index (χ2v) is 7.73. The lowest BCUT2D eigenvalue weighted by molar-refractivity contribution is -0.117. The molecule has 1 unspecified atom stereocenters. The molecule has 24 heavy (non-hydrogen) atoms. The van der Waals surface area contributed by atoms with E-state index in [-0.39, 0.29) is 24.2 Å². The van der Waals surface area contributed by atoms with Gasteiger partial charge in [-0.3, -0.25) is 9.80 Å². The highest BCUT2D eigenvalue weighted by atomic mass is 16.6. The van der Waals surface area contributed by atoms with Crippen LogP contribution in [0.2, 0.25) is 0 Å². The normalized spacial score (nSPS) is 27.1. The fourth-order valence-electron chi connectivity index (χ4n) is 3.83. The van der Waals surface area contributed by atoms with Crippen LogP contribution >= 0.6 is 0 Å². The summed E-state index contributed by atoms with van der Waals surface area (Å²) in [6, 6.07) is 9.94. The fourth-order valence-corrected chi connectivity index (χ4v) is 3.83. The molecular formula is C19H26N2O3. The fraction of sp³-hybridized carbons (Fsp3) is 0.579. The van der Waals surface area contributed by atoms with Crippen molar-refractivity contribution in [2.75, 3.05) is 6.54 Å². The summed E-state index contributed by atoms with van der Waals surface area (Å²) >= 11 is 0. The molecule has 130 valence electrons. The van der Waals surface area contributed by atoms with Crippen LogP contribution in [0.4, 0.5) is 4.79 Å². The maximum Gasteiger partial charge on any atom is 0.410 e. The SMILES string of the molecule is CC(C)(C)OC(=O)N1C2CC[C@H]1[C@@H](C=O)N(Cc1ccccc1)C2. The van der Waals surface area contributed by atoms with E-state index in [4.69, 9.17) is 4.74 Å². The maximum atomic E-state index is 12.6. The number of benzene rings is 1. The number of carbonyl (C=O) groups excluding carboxylic acids is 2. The van der Waals surface area contributed by atoms with Gasteiger partial charge in [-0.1, -0.05) is 30.3 Å². The lowest BCUT2D eigenvalue weighted by Crippen LogP contribution is -2.61. The molecule has 0 saturated carbocycles. The highest BCUT2D eigenvalue weighted by molar-refractivity contribution is 5.72. The van der Waals surface area contributed by atoms with Gasteiger partial charge < -0.3 is 9.53 Å². The number of ether oxygens (including phenoxy) is 1. The number of carbonyl (C=O) groups is 2. The third-order valence-electron chi connectivity index (χ3n) is 4.78. The van der Waals surface area contributed by atoms with E-state index in [0.717, 1.165) is 25.7 Å². The van der Waals surface area contributed by atoms with Crippen molar-refractivity contribution in [1.29, 1.82) is 0 Å². The molecule has 5 nitrogen and oxygen atoms in total. The smallest absolute Gasteiger partial charge is 0.410 e. The Balaban J connectivity index is 1.76. The number of aldehydes is 1. The summed E-state index contributed by atoms with van der Waals surface area (Å²) < 4.78 is 5.56. The van der Waals surface area contributed by atoms with Crippen molar-refractivity contribution < 1.29 is 14.3 Å². The summed E-state index contributed by atoms with van der Waals surface area (Å²) in [5.74, 6) is 0. The molecule has 0 spiro atoms. The van der Waals surface area contributed by atoms with E-state index in [1.165, 1.54) is 5.56 Å². The molecule has 2 heterocycles. The minimum atomic E-state index is -0.519. The van der Waals surface area contributed by atoms with Crippen LogP contribution < -0.4 is 0 Å². The monoisotopic (exact) mass is 330 g/mol. The molecule has 0 N–H and O–H groups in total. The van der Waals surface area contributed by atoms with Gasteiger partial charge in [0.25, 0.3) is 0 Å². The molecule has 2 aliphatic rings. The zero-order valence-electron chi connectivity index (χ0n) is 14.6. The zero-order valence-corrected chi connectivity index (χ0v) is 14.6. The van der Waals surface area contributed by atoms with E-state index >= 15 is 0 Å². The Morgan fingerprint density at radius 2 is 1.96 bits per heavy atom. The molecule has 0 aliphatic carbocycles. The van der Waals surface area contributed by atoms with E-state index in [0.29, 0.717) is 6.54 Å². The number of fused-ring (bicyclic) bond motifs is 2. The molecule has 2 saturated heterocycles. The second kappa shape index (κ2) is 6.55.